The molecule has 0 unspecified atom stereocenters. The van der Waals surface area contributed by atoms with Gasteiger partial charge in [-0.3, -0.25) is 4.99 Å². The zero-order chi connectivity index (χ0) is 10.4. The molecule has 1 aromatic rings. The van der Waals surface area contributed by atoms with Crippen LogP contribution in [0.25, 0.3) is 0 Å². The van der Waals surface area contributed by atoms with Crippen molar-refractivity contribution >= 4 is 11.4 Å². The van der Waals surface area contributed by atoms with E-state index in [-0.39, 0.29) is 0 Å². The summed E-state index contributed by atoms with van der Waals surface area (Å²) in [5.74, 6) is 0. The number of para-hydroxylation sites is 1. The quantitative estimate of drug-likeness (QED) is 0.629. The van der Waals surface area contributed by atoms with Gasteiger partial charge in [0.15, 0.2) is 0 Å². The lowest BCUT2D eigenvalue weighted by atomic mass is 10.1. The average Bonchev–Trinajstić information content (AvgIpc) is 2.61. The summed E-state index contributed by atoms with van der Waals surface area (Å²) in [4.78, 5) is 4.49. The number of benzene rings is 1. The summed E-state index contributed by atoms with van der Waals surface area (Å²) in [6, 6.07) is 8.35. The topological polar surface area (TPSA) is 12.4 Å². The minimum absolute atomic E-state index is 1.06. The van der Waals surface area contributed by atoms with Crippen molar-refractivity contribution in [1.82, 2.24) is 0 Å². The third-order valence-electron chi connectivity index (χ3n) is 2.07. The Balaban J connectivity index is 0.000000293. The van der Waals surface area contributed by atoms with Gasteiger partial charge in [0, 0.05) is 12.1 Å². The Labute approximate surface area is 86.9 Å². The van der Waals surface area contributed by atoms with E-state index in [1.165, 1.54) is 23.4 Å². The minimum Gasteiger partial charge on any atom is -0.257 e. The van der Waals surface area contributed by atoms with Crippen molar-refractivity contribution in [2.75, 3.05) is 0 Å². The van der Waals surface area contributed by atoms with Crippen molar-refractivity contribution in [1.29, 1.82) is 0 Å². The van der Waals surface area contributed by atoms with Gasteiger partial charge in [0.25, 0.3) is 0 Å². The number of hydrogen-bond donors (Lipinski definition) is 0. The number of aliphatic imine (C=N–C) groups is 1. The summed E-state index contributed by atoms with van der Waals surface area (Å²) in [6.45, 7) is 6.41. The molecule has 1 aliphatic rings. The van der Waals surface area contributed by atoms with E-state index in [1.54, 1.807) is 0 Å². The lowest BCUT2D eigenvalue weighted by Crippen LogP contribution is -1.93. The van der Waals surface area contributed by atoms with Crippen LogP contribution in [0.4, 0.5) is 5.69 Å². The standard InChI is InChI=1S/C10H11N.C3H8/c1-2-9-7-8-5-3-4-6-10(8)11-9;1-3-2/h3-6H,2,7H2,1H3;3H2,1-2H3. The van der Waals surface area contributed by atoms with E-state index in [0.29, 0.717) is 0 Å². The van der Waals surface area contributed by atoms with Crippen LogP contribution < -0.4 is 0 Å². The Morgan fingerprint density at radius 1 is 1.14 bits per heavy atom. The van der Waals surface area contributed by atoms with Gasteiger partial charge >= 0.3 is 0 Å². The van der Waals surface area contributed by atoms with E-state index in [2.05, 4.69) is 44.0 Å². The van der Waals surface area contributed by atoms with E-state index in [4.69, 9.17) is 0 Å². The average molecular weight is 189 g/mol. The molecule has 76 valence electrons. The van der Waals surface area contributed by atoms with Gasteiger partial charge in [-0.15, -0.1) is 0 Å². The van der Waals surface area contributed by atoms with Crippen LogP contribution in [-0.4, -0.2) is 5.71 Å². The molecule has 1 aromatic carbocycles. The molecule has 0 radical (unpaired) electrons. The lowest BCUT2D eigenvalue weighted by Gasteiger charge is -1.92. The monoisotopic (exact) mass is 189 g/mol. The van der Waals surface area contributed by atoms with Crippen molar-refractivity contribution in [3.05, 3.63) is 29.8 Å². The van der Waals surface area contributed by atoms with Crippen LogP contribution in [0.2, 0.25) is 0 Å². The molecule has 0 amide bonds. The highest BCUT2D eigenvalue weighted by atomic mass is 14.8. The summed E-state index contributed by atoms with van der Waals surface area (Å²) in [7, 11) is 0. The van der Waals surface area contributed by atoms with Crippen molar-refractivity contribution in [3.63, 3.8) is 0 Å². The Kier molecular flexibility index (Phi) is 4.37. The molecule has 1 aliphatic heterocycles. The highest BCUT2D eigenvalue weighted by Crippen LogP contribution is 2.26. The van der Waals surface area contributed by atoms with Gasteiger partial charge in [-0.2, -0.15) is 0 Å². The van der Waals surface area contributed by atoms with Crippen LogP contribution in [0.5, 0.6) is 0 Å². The van der Waals surface area contributed by atoms with Crippen molar-refractivity contribution < 1.29 is 0 Å². The van der Waals surface area contributed by atoms with Gasteiger partial charge in [0.2, 0.25) is 0 Å². The minimum atomic E-state index is 1.06. The molecule has 0 bridgehead atoms. The maximum atomic E-state index is 4.49. The first-order valence-corrected chi connectivity index (χ1v) is 5.46. The smallest absolute Gasteiger partial charge is 0.0664 e. The summed E-state index contributed by atoms with van der Waals surface area (Å²) in [5.41, 5.74) is 3.86. The van der Waals surface area contributed by atoms with E-state index >= 15 is 0 Å². The first-order valence-electron chi connectivity index (χ1n) is 5.46. The molecule has 1 heteroatoms. The zero-order valence-electron chi connectivity index (χ0n) is 9.38. The summed E-state index contributed by atoms with van der Waals surface area (Å²) < 4.78 is 0. The maximum Gasteiger partial charge on any atom is 0.0664 e. The van der Waals surface area contributed by atoms with Crippen molar-refractivity contribution in [2.24, 2.45) is 4.99 Å². The normalized spacial score (nSPS) is 12.6. The van der Waals surface area contributed by atoms with Crippen LogP contribution in [0, 0.1) is 0 Å². The molecule has 0 spiro atoms. The predicted molar refractivity (Wildman–Crippen MR) is 63.5 cm³/mol. The third-order valence-corrected chi connectivity index (χ3v) is 2.07. The van der Waals surface area contributed by atoms with Crippen LogP contribution in [0.1, 0.15) is 39.2 Å². The number of nitrogens with zero attached hydrogens (tertiary/aromatic N) is 1. The summed E-state index contributed by atoms with van der Waals surface area (Å²) >= 11 is 0. The van der Waals surface area contributed by atoms with Gasteiger partial charge < -0.3 is 0 Å². The Morgan fingerprint density at radius 2 is 1.79 bits per heavy atom. The summed E-state index contributed by atoms with van der Waals surface area (Å²) in [5, 5.41) is 0. The van der Waals surface area contributed by atoms with Gasteiger partial charge in [0.05, 0.1) is 5.69 Å². The predicted octanol–water partition coefficient (Wildman–Crippen LogP) is 4.14. The highest BCUT2D eigenvalue weighted by Gasteiger charge is 2.10. The number of fused-ring (bicyclic) bond motifs is 1. The maximum absolute atomic E-state index is 4.49. The molecule has 0 aliphatic carbocycles. The molecular weight excluding hydrogens is 170 g/mol. The second kappa shape index (κ2) is 5.58. The molecule has 0 N–H and O–H groups in total. The van der Waals surface area contributed by atoms with Gasteiger partial charge in [-0.25, -0.2) is 0 Å². The van der Waals surface area contributed by atoms with Gasteiger partial charge in [-0.05, 0) is 18.1 Å². The third kappa shape index (κ3) is 2.69. The molecule has 1 heterocycles. The molecule has 2 rings (SSSR count). The van der Waals surface area contributed by atoms with E-state index < -0.39 is 0 Å². The second-order valence-corrected chi connectivity index (χ2v) is 3.54. The van der Waals surface area contributed by atoms with E-state index in [9.17, 15) is 0 Å². The molecule has 0 atom stereocenters. The molecule has 1 nitrogen and oxygen atoms in total. The molecular formula is C13H19N. The van der Waals surface area contributed by atoms with Crippen LogP contribution in [-0.2, 0) is 6.42 Å². The molecule has 0 fully saturated rings. The fraction of sp³-hybridized carbons (Fsp3) is 0.462. The molecule has 0 aromatic heterocycles. The Hall–Kier alpha value is -1.11. The van der Waals surface area contributed by atoms with E-state index in [1.807, 2.05) is 6.07 Å². The highest BCUT2D eigenvalue weighted by molar-refractivity contribution is 5.93. The summed E-state index contributed by atoms with van der Waals surface area (Å²) in [6.07, 6.45) is 3.39. The number of hydrogen-bond acceptors (Lipinski definition) is 1. The van der Waals surface area contributed by atoms with Crippen LogP contribution >= 0.6 is 0 Å². The van der Waals surface area contributed by atoms with Crippen molar-refractivity contribution in [2.45, 2.75) is 40.0 Å². The van der Waals surface area contributed by atoms with E-state index in [0.717, 1.165) is 12.8 Å². The first-order chi connectivity index (χ1) is 6.81. The molecule has 0 saturated carbocycles. The van der Waals surface area contributed by atoms with Crippen molar-refractivity contribution in [3.8, 4) is 0 Å². The SMILES string of the molecule is CCC.CCC1=Nc2ccccc2C1. The lowest BCUT2D eigenvalue weighted by molar-refractivity contribution is 1.09. The zero-order valence-corrected chi connectivity index (χ0v) is 9.38. The molecule has 14 heavy (non-hydrogen) atoms. The second-order valence-electron chi connectivity index (χ2n) is 3.54. The van der Waals surface area contributed by atoms with Crippen LogP contribution in [0.3, 0.4) is 0 Å². The van der Waals surface area contributed by atoms with Gasteiger partial charge in [-0.1, -0.05) is 45.4 Å². The first kappa shape index (κ1) is 11.0. The van der Waals surface area contributed by atoms with Gasteiger partial charge in [0.1, 0.15) is 0 Å². The fourth-order valence-electron chi connectivity index (χ4n) is 1.40. The Bertz CT molecular complexity index is 313. The van der Waals surface area contributed by atoms with Crippen LogP contribution in [0.15, 0.2) is 29.3 Å². The molecule has 0 saturated heterocycles. The number of rotatable bonds is 1. The fourth-order valence-corrected chi connectivity index (χ4v) is 1.40. The Morgan fingerprint density at radius 3 is 2.36 bits per heavy atom. The largest absolute Gasteiger partial charge is 0.257 e.